The molecule has 0 amide bonds. The first kappa shape index (κ1) is 11.9. The molecule has 1 atom stereocenters. The highest BCUT2D eigenvalue weighted by Crippen LogP contribution is 2.34. The monoisotopic (exact) mass is 280 g/mol. The van der Waals surface area contributed by atoms with Gasteiger partial charge in [0, 0.05) is 19.0 Å². The van der Waals surface area contributed by atoms with Gasteiger partial charge >= 0.3 is 0 Å². The summed E-state index contributed by atoms with van der Waals surface area (Å²) >= 11 is 1.81. The molecule has 1 fully saturated rings. The first-order chi connectivity index (χ1) is 9.90. The Morgan fingerprint density at radius 3 is 2.65 bits per heavy atom. The number of thiazole rings is 1. The minimum Gasteiger partial charge on any atom is -0.347 e. The van der Waals surface area contributed by atoms with E-state index in [0.29, 0.717) is 5.92 Å². The fourth-order valence-corrected chi connectivity index (χ4v) is 3.93. The SMILES string of the molecule is c1ccc([C@@H]2CCN(c3nc4ccccc4s3)C2)cc1. The molecular formula is C17H16N2S. The molecule has 0 radical (unpaired) electrons. The standard InChI is InChI=1S/C17H16N2S/c1-2-6-13(7-3-1)14-10-11-19(12-14)17-18-15-8-4-5-9-16(15)20-17/h1-9,14H,10-12H2/t14-/m1/s1. The second kappa shape index (κ2) is 4.91. The third-order valence-corrected chi connectivity index (χ3v) is 5.11. The average molecular weight is 280 g/mol. The van der Waals surface area contributed by atoms with Gasteiger partial charge in [-0.3, -0.25) is 0 Å². The van der Waals surface area contributed by atoms with Gasteiger partial charge in [-0.1, -0.05) is 53.8 Å². The molecule has 3 aromatic rings. The summed E-state index contributed by atoms with van der Waals surface area (Å²) < 4.78 is 1.28. The Labute approximate surface area is 122 Å². The molecule has 0 saturated carbocycles. The number of anilines is 1. The lowest BCUT2D eigenvalue weighted by Crippen LogP contribution is -2.18. The molecule has 20 heavy (non-hydrogen) atoms. The highest BCUT2D eigenvalue weighted by atomic mass is 32.1. The van der Waals surface area contributed by atoms with Crippen LogP contribution in [0.2, 0.25) is 0 Å². The third kappa shape index (κ3) is 2.08. The zero-order chi connectivity index (χ0) is 13.4. The van der Waals surface area contributed by atoms with Gasteiger partial charge in [0.25, 0.3) is 0 Å². The topological polar surface area (TPSA) is 16.1 Å². The maximum Gasteiger partial charge on any atom is 0.186 e. The van der Waals surface area contributed by atoms with E-state index in [-0.39, 0.29) is 0 Å². The molecule has 3 heteroatoms. The van der Waals surface area contributed by atoms with E-state index in [1.165, 1.54) is 21.8 Å². The molecule has 0 N–H and O–H groups in total. The van der Waals surface area contributed by atoms with Gasteiger partial charge in [0.05, 0.1) is 10.2 Å². The molecule has 0 aliphatic carbocycles. The third-order valence-electron chi connectivity index (χ3n) is 4.01. The summed E-state index contributed by atoms with van der Waals surface area (Å²) in [4.78, 5) is 7.20. The van der Waals surface area contributed by atoms with Crippen LogP contribution in [0.15, 0.2) is 54.6 Å². The van der Waals surface area contributed by atoms with E-state index in [0.717, 1.165) is 18.6 Å². The van der Waals surface area contributed by atoms with Crippen LogP contribution in [-0.2, 0) is 0 Å². The van der Waals surface area contributed by atoms with Crippen molar-refractivity contribution in [3.63, 3.8) is 0 Å². The van der Waals surface area contributed by atoms with E-state index in [1.54, 1.807) is 11.3 Å². The lowest BCUT2D eigenvalue weighted by molar-refractivity contribution is 0.775. The molecule has 2 heterocycles. The smallest absolute Gasteiger partial charge is 0.186 e. The van der Waals surface area contributed by atoms with Gasteiger partial charge in [-0.05, 0) is 24.1 Å². The zero-order valence-electron chi connectivity index (χ0n) is 11.2. The van der Waals surface area contributed by atoms with Crippen molar-refractivity contribution in [2.45, 2.75) is 12.3 Å². The maximum absolute atomic E-state index is 4.77. The number of fused-ring (bicyclic) bond motifs is 1. The van der Waals surface area contributed by atoms with Crippen LogP contribution in [0.4, 0.5) is 5.13 Å². The highest BCUT2D eigenvalue weighted by Gasteiger charge is 2.25. The lowest BCUT2D eigenvalue weighted by atomic mass is 9.99. The summed E-state index contributed by atoms with van der Waals surface area (Å²) in [6.07, 6.45) is 1.22. The normalized spacial score (nSPS) is 18.8. The molecule has 1 aliphatic rings. The van der Waals surface area contributed by atoms with Crippen LogP contribution < -0.4 is 4.90 Å². The molecule has 0 spiro atoms. The van der Waals surface area contributed by atoms with Gasteiger partial charge in [0.15, 0.2) is 5.13 Å². The predicted molar refractivity (Wildman–Crippen MR) is 85.6 cm³/mol. The van der Waals surface area contributed by atoms with Gasteiger partial charge < -0.3 is 4.90 Å². The first-order valence-electron chi connectivity index (χ1n) is 7.05. The summed E-state index contributed by atoms with van der Waals surface area (Å²) in [6, 6.07) is 19.2. The van der Waals surface area contributed by atoms with Crippen LogP contribution in [0.1, 0.15) is 17.9 Å². The fourth-order valence-electron chi connectivity index (χ4n) is 2.93. The Kier molecular flexibility index (Phi) is 2.92. The minimum atomic E-state index is 0.642. The van der Waals surface area contributed by atoms with Gasteiger partial charge in [-0.2, -0.15) is 0 Å². The zero-order valence-corrected chi connectivity index (χ0v) is 12.0. The number of hydrogen-bond donors (Lipinski definition) is 0. The van der Waals surface area contributed by atoms with Gasteiger partial charge in [-0.25, -0.2) is 4.98 Å². The van der Waals surface area contributed by atoms with E-state index in [2.05, 4.69) is 59.5 Å². The number of aromatic nitrogens is 1. The Hall–Kier alpha value is -1.87. The average Bonchev–Trinajstić information content (AvgIpc) is 3.14. The van der Waals surface area contributed by atoms with Crippen molar-refractivity contribution in [3.05, 3.63) is 60.2 Å². The van der Waals surface area contributed by atoms with E-state index in [9.17, 15) is 0 Å². The molecule has 0 bridgehead atoms. The van der Waals surface area contributed by atoms with Crippen molar-refractivity contribution >= 4 is 26.7 Å². The summed E-state index contributed by atoms with van der Waals surface area (Å²) in [5.41, 5.74) is 2.58. The highest BCUT2D eigenvalue weighted by molar-refractivity contribution is 7.22. The number of benzene rings is 2. The minimum absolute atomic E-state index is 0.642. The van der Waals surface area contributed by atoms with Crippen molar-refractivity contribution in [1.29, 1.82) is 0 Å². The molecule has 2 nitrogen and oxygen atoms in total. The van der Waals surface area contributed by atoms with Crippen LogP contribution in [0.5, 0.6) is 0 Å². The first-order valence-corrected chi connectivity index (χ1v) is 7.87. The maximum atomic E-state index is 4.77. The predicted octanol–water partition coefficient (Wildman–Crippen LogP) is 4.29. The summed E-state index contributed by atoms with van der Waals surface area (Å²) in [7, 11) is 0. The summed E-state index contributed by atoms with van der Waals surface area (Å²) in [6.45, 7) is 2.20. The number of nitrogens with zero attached hydrogens (tertiary/aromatic N) is 2. The van der Waals surface area contributed by atoms with Crippen LogP contribution >= 0.6 is 11.3 Å². The fraction of sp³-hybridized carbons (Fsp3) is 0.235. The Morgan fingerprint density at radius 2 is 1.80 bits per heavy atom. The van der Waals surface area contributed by atoms with Crippen LogP contribution in [0.3, 0.4) is 0 Å². The Bertz CT molecular complexity index is 687. The molecule has 1 saturated heterocycles. The van der Waals surface area contributed by atoms with E-state index >= 15 is 0 Å². The van der Waals surface area contributed by atoms with Crippen molar-refractivity contribution < 1.29 is 0 Å². The van der Waals surface area contributed by atoms with Gasteiger partial charge in [0.2, 0.25) is 0 Å². The van der Waals surface area contributed by atoms with Crippen LogP contribution in [0, 0.1) is 0 Å². The second-order valence-electron chi connectivity index (χ2n) is 5.31. The number of para-hydroxylation sites is 1. The molecule has 4 rings (SSSR count). The summed E-state index contributed by atoms with van der Waals surface area (Å²) in [5.74, 6) is 0.642. The van der Waals surface area contributed by atoms with Crippen molar-refractivity contribution in [2.75, 3.05) is 18.0 Å². The quantitative estimate of drug-likeness (QED) is 0.696. The molecule has 0 unspecified atom stereocenters. The second-order valence-corrected chi connectivity index (χ2v) is 6.32. The Morgan fingerprint density at radius 1 is 1.00 bits per heavy atom. The van der Waals surface area contributed by atoms with E-state index < -0.39 is 0 Å². The van der Waals surface area contributed by atoms with Crippen molar-refractivity contribution in [2.24, 2.45) is 0 Å². The van der Waals surface area contributed by atoms with Crippen molar-refractivity contribution in [3.8, 4) is 0 Å². The molecule has 2 aromatic carbocycles. The van der Waals surface area contributed by atoms with Crippen LogP contribution in [-0.4, -0.2) is 18.1 Å². The molecule has 1 aromatic heterocycles. The van der Waals surface area contributed by atoms with Gasteiger partial charge in [0.1, 0.15) is 0 Å². The van der Waals surface area contributed by atoms with Gasteiger partial charge in [-0.15, -0.1) is 0 Å². The lowest BCUT2D eigenvalue weighted by Gasteiger charge is -2.14. The molecule has 100 valence electrons. The summed E-state index contributed by atoms with van der Waals surface area (Å²) in [5, 5.41) is 1.17. The van der Waals surface area contributed by atoms with E-state index in [4.69, 9.17) is 4.98 Å². The molecular weight excluding hydrogens is 264 g/mol. The largest absolute Gasteiger partial charge is 0.347 e. The number of hydrogen-bond acceptors (Lipinski definition) is 3. The molecule has 1 aliphatic heterocycles. The Balaban J connectivity index is 1.59. The van der Waals surface area contributed by atoms with Crippen LogP contribution in [0.25, 0.3) is 10.2 Å². The van der Waals surface area contributed by atoms with E-state index in [1.807, 2.05) is 0 Å². The number of rotatable bonds is 2. The van der Waals surface area contributed by atoms with Crippen molar-refractivity contribution in [1.82, 2.24) is 4.98 Å².